The van der Waals surface area contributed by atoms with E-state index in [9.17, 15) is 5.11 Å². The topological polar surface area (TPSA) is 86.8 Å². The van der Waals surface area contributed by atoms with Crippen LogP contribution in [-0.2, 0) is 0 Å². The number of piperidine rings is 1. The predicted molar refractivity (Wildman–Crippen MR) is 122 cm³/mol. The Kier molecular flexibility index (Phi) is 7.09. The summed E-state index contributed by atoms with van der Waals surface area (Å²) in [5.74, 6) is 1.20. The van der Waals surface area contributed by atoms with Gasteiger partial charge < -0.3 is 21.1 Å². The molecule has 1 aromatic heterocycles. The Morgan fingerprint density at radius 2 is 1.97 bits per heavy atom. The van der Waals surface area contributed by atoms with E-state index in [1.807, 2.05) is 0 Å². The number of nitrogens with zero attached hydrogens (tertiary/aromatic N) is 3. The average molecular weight is 398 g/mol. The summed E-state index contributed by atoms with van der Waals surface area (Å²) in [5.41, 5.74) is 9.21. The number of aliphatic hydroxyl groups excluding tert-OH is 1. The summed E-state index contributed by atoms with van der Waals surface area (Å²) in [6.45, 7) is 10.0. The van der Waals surface area contributed by atoms with Gasteiger partial charge in [0.15, 0.2) is 0 Å². The van der Waals surface area contributed by atoms with Gasteiger partial charge in [-0.05, 0) is 57.7 Å². The molecular formula is C23H35N5O. The lowest BCUT2D eigenvalue weighted by molar-refractivity contribution is 0.205. The largest absolute Gasteiger partial charge is 0.383 e. The molecule has 3 rings (SSSR count). The highest BCUT2D eigenvalue weighted by molar-refractivity contribution is 6.04. The standard InChI is InChI=1S/C23H35N5O/c1-5-18(6-2)26-19-9-11-28(12-10-19)23-20(22(24)25-16(4)29)14-17-13-15(3)7-8-21(17)27-23/h7-8,13-14,16,18-19,26,29H,5-6,9-12H2,1-4H3,(H2,24,25). The highest BCUT2D eigenvalue weighted by atomic mass is 16.3. The van der Waals surface area contributed by atoms with E-state index in [1.165, 1.54) is 18.4 Å². The third-order valence-corrected chi connectivity index (χ3v) is 5.80. The molecule has 1 fully saturated rings. The van der Waals surface area contributed by atoms with Crippen LogP contribution in [0, 0.1) is 6.92 Å². The Labute approximate surface area is 174 Å². The highest BCUT2D eigenvalue weighted by Crippen LogP contribution is 2.27. The summed E-state index contributed by atoms with van der Waals surface area (Å²) in [6.07, 6.45) is 3.65. The molecule has 0 spiro atoms. The van der Waals surface area contributed by atoms with Crippen LogP contribution in [0.4, 0.5) is 5.82 Å². The molecule has 1 aliphatic rings. The van der Waals surface area contributed by atoms with Crippen LogP contribution in [0.25, 0.3) is 10.9 Å². The second-order valence-corrected chi connectivity index (χ2v) is 8.14. The number of benzene rings is 1. The van der Waals surface area contributed by atoms with E-state index in [2.05, 4.69) is 60.2 Å². The monoisotopic (exact) mass is 397 g/mol. The van der Waals surface area contributed by atoms with Crippen molar-refractivity contribution in [2.45, 2.75) is 71.7 Å². The van der Waals surface area contributed by atoms with Crippen LogP contribution in [-0.4, -0.2) is 47.3 Å². The van der Waals surface area contributed by atoms with Crippen molar-refractivity contribution in [2.75, 3.05) is 18.0 Å². The van der Waals surface area contributed by atoms with Gasteiger partial charge >= 0.3 is 0 Å². The van der Waals surface area contributed by atoms with E-state index >= 15 is 0 Å². The molecule has 0 bridgehead atoms. The van der Waals surface area contributed by atoms with Crippen LogP contribution >= 0.6 is 0 Å². The van der Waals surface area contributed by atoms with Crippen molar-refractivity contribution >= 4 is 22.6 Å². The van der Waals surface area contributed by atoms with Gasteiger partial charge in [-0.2, -0.15) is 0 Å². The van der Waals surface area contributed by atoms with Crippen molar-refractivity contribution in [2.24, 2.45) is 10.7 Å². The summed E-state index contributed by atoms with van der Waals surface area (Å²) < 4.78 is 0. The molecule has 0 amide bonds. The van der Waals surface area contributed by atoms with Crippen LogP contribution in [0.1, 0.15) is 57.6 Å². The average Bonchev–Trinajstić information content (AvgIpc) is 2.71. The van der Waals surface area contributed by atoms with Gasteiger partial charge in [0.05, 0.1) is 11.1 Å². The Morgan fingerprint density at radius 3 is 2.59 bits per heavy atom. The van der Waals surface area contributed by atoms with Crippen LogP contribution < -0.4 is 16.0 Å². The fourth-order valence-corrected chi connectivity index (χ4v) is 4.10. The number of aliphatic hydroxyl groups is 1. The number of anilines is 1. The van der Waals surface area contributed by atoms with E-state index in [4.69, 9.17) is 10.7 Å². The molecule has 6 heteroatoms. The van der Waals surface area contributed by atoms with E-state index in [1.54, 1.807) is 6.92 Å². The summed E-state index contributed by atoms with van der Waals surface area (Å²) in [4.78, 5) is 11.4. The molecule has 4 N–H and O–H groups in total. The second kappa shape index (κ2) is 9.55. The maximum atomic E-state index is 9.70. The van der Waals surface area contributed by atoms with Gasteiger partial charge in [-0.3, -0.25) is 0 Å². The molecule has 2 heterocycles. The number of pyridine rings is 1. The first-order valence-corrected chi connectivity index (χ1v) is 10.8. The highest BCUT2D eigenvalue weighted by Gasteiger charge is 2.24. The first-order valence-electron chi connectivity index (χ1n) is 10.8. The molecule has 29 heavy (non-hydrogen) atoms. The molecule has 1 aromatic carbocycles. The first-order chi connectivity index (χ1) is 13.9. The van der Waals surface area contributed by atoms with Crippen molar-refractivity contribution in [1.82, 2.24) is 10.3 Å². The number of aliphatic imine (C=N–C) groups is 1. The molecule has 0 aliphatic carbocycles. The van der Waals surface area contributed by atoms with Gasteiger partial charge in [0.2, 0.25) is 0 Å². The maximum absolute atomic E-state index is 9.70. The lowest BCUT2D eigenvalue weighted by atomic mass is 10.0. The fourth-order valence-electron chi connectivity index (χ4n) is 4.10. The third-order valence-electron chi connectivity index (χ3n) is 5.80. The van der Waals surface area contributed by atoms with Crippen LogP contribution in [0.2, 0.25) is 0 Å². The van der Waals surface area contributed by atoms with E-state index < -0.39 is 6.23 Å². The number of hydrogen-bond acceptors (Lipinski definition) is 5. The molecule has 6 nitrogen and oxygen atoms in total. The smallest absolute Gasteiger partial charge is 0.144 e. The molecule has 158 valence electrons. The van der Waals surface area contributed by atoms with Crippen molar-refractivity contribution in [3.8, 4) is 0 Å². The van der Waals surface area contributed by atoms with Crippen molar-refractivity contribution in [1.29, 1.82) is 0 Å². The van der Waals surface area contributed by atoms with Crippen LogP contribution in [0.5, 0.6) is 0 Å². The van der Waals surface area contributed by atoms with E-state index in [0.717, 1.165) is 48.2 Å². The Hall–Kier alpha value is -2.18. The number of amidine groups is 1. The minimum atomic E-state index is -0.842. The summed E-state index contributed by atoms with van der Waals surface area (Å²) in [5, 5.41) is 14.5. The zero-order valence-electron chi connectivity index (χ0n) is 18.2. The minimum absolute atomic E-state index is 0.336. The number of rotatable bonds is 7. The Bertz CT molecular complexity index is 852. The lowest BCUT2D eigenvalue weighted by Crippen LogP contribution is -2.46. The minimum Gasteiger partial charge on any atom is -0.383 e. The van der Waals surface area contributed by atoms with Gasteiger partial charge in [-0.15, -0.1) is 0 Å². The molecule has 1 unspecified atom stereocenters. The van der Waals surface area contributed by atoms with Gasteiger partial charge in [-0.1, -0.05) is 25.5 Å². The van der Waals surface area contributed by atoms with Crippen LogP contribution in [0.3, 0.4) is 0 Å². The van der Waals surface area contributed by atoms with E-state index in [0.29, 0.717) is 17.9 Å². The Morgan fingerprint density at radius 1 is 1.28 bits per heavy atom. The summed E-state index contributed by atoms with van der Waals surface area (Å²) in [7, 11) is 0. The van der Waals surface area contributed by atoms with Gasteiger partial charge in [0, 0.05) is 30.6 Å². The predicted octanol–water partition coefficient (Wildman–Crippen LogP) is 3.33. The molecule has 1 saturated heterocycles. The quantitative estimate of drug-likeness (QED) is 0.493. The number of aryl methyl sites for hydroxylation is 1. The molecule has 0 radical (unpaired) electrons. The number of hydrogen-bond donors (Lipinski definition) is 3. The lowest BCUT2D eigenvalue weighted by Gasteiger charge is -2.36. The normalized spacial score (nSPS) is 17.3. The van der Waals surface area contributed by atoms with Crippen molar-refractivity contribution in [3.05, 3.63) is 35.4 Å². The SMILES string of the molecule is CCC(CC)NC1CCN(c2nc3ccc(C)cc3cc2/C(N)=N/C(C)O)CC1. The Balaban J connectivity index is 1.89. The zero-order valence-corrected chi connectivity index (χ0v) is 18.2. The van der Waals surface area contributed by atoms with Gasteiger partial charge in [0.1, 0.15) is 17.9 Å². The number of fused-ring (bicyclic) bond motifs is 1. The number of nitrogens with two attached hydrogens (primary N) is 1. The summed E-state index contributed by atoms with van der Waals surface area (Å²) in [6, 6.07) is 9.44. The third kappa shape index (κ3) is 5.25. The molecule has 1 atom stereocenters. The van der Waals surface area contributed by atoms with Gasteiger partial charge in [-0.25, -0.2) is 9.98 Å². The van der Waals surface area contributed by atoms with Gasteiger partial charge in [0.25, 0.3) is 0 Å². The maximum Gasteiger partial charge on any atom is 0.144 e. The number of aromatic nitrogens is 1. The van der Waals surface area contributed by atoms with E-state index in [-0.39, 0.29) is 0 Å². The van der Waals surface area contributed by atoms with Crippen LogP contribution in [0.15, 0.2) is 29.3 Å². The molecular weight excluding hydrogens is 362 g/mol. The number of nitrogens with one attached hydrogen (secondary N) is 1. The molecule has 1 aliphatic heterocycles. The second-order valence-electron chi connectivity index (χ2n) is 8.14. The molecule has 0 saturated carbocycles. The fraction of sp³-hybridized carbons (Fsp3) is 0.565. The van der Waals surface area contributed by atoms with Crippen molar-refractivity contribution < 1.29 is 5.11 Å². The zero-order chi connectivity index (χ0) is 21.0. The molecule has 2 aromatic rings. The van der Waals surface area contributed by atoms with Crippen molar-refractivity contribution in [3.63, 3.8) is 0 Å². The summed E-state index contributed by atoms with van der Waals surface area (Å²) >= 11 is 0. The first kappa shape index (κ1) is 21.5.